The molecule has 0 aliphatic carbocycles. The summed E-state index contributed by atoms with van der Waals surface area (Å²) in [5.74, 6) is 1.91. The Balaban J connectivity index is 1.87. The van der Waals surface area contributed by atoms with Crippen molar-refractivity contribution in [3.8, 4) is 0 Å². The van der Waals surface area contributed by atoms with E-state index in [1.165, 1.54) is 25.5 Å². The smallest absolute Gasteiger partial charge is 0.162 e. The molecule has 26 heavy (non-hydrogen) atoms. The Morgan fingerprint density at radius 3 is 2.92 bits per heavy atom. The third kappa shape index (κ3) is 4.04. The SMILES string of the molecule is C=C(/C=C\C=N\O)CNc1cc(N2CCCCC2)nc2c(CC)cnn12. The van der Waals surface area contributed by atoms with Crippen LogP contribution in [0.5, 0.6) is 0 Å². The second-order valence-corrected chi connectivity index (χ2v) is 6.44. The predicted molar refractivity (Wildman–Crippen MR) is 105 cm³/mol. The molecule has 0 radical (unpaired) electrons. The van der Waals surface area contributed by atoms with Crippen molar-refractivity contribution in [3.63, 3.8) is 0 Å². The topological polar surface area (TPSA) is 78.1 Å². The number of aromatic nitrogens is 3. The summed E-state index contributed by atoms with van der Waals surface area (Å²) in [6.45, 7) is 8.79. The van der Waals surface area contributed by atoms with Gasteiger partial charge in [0.2, 0.25) is 0 Å². The van der Waals surface area contributed by atoms with Gasteiger partial charge in [0.25, 0.3) is 0 Å². The van der Waals surface area contributed by atoms with E-state index >= 15 is 0 Å². The monoisotopic (exact) mass is 354 g/mol. The van der Waals surface area contributed by atoms with E-state index in [1.807, 2.05) is 10.7 Å². The number of rotatable bonds is 7. The number of fused-ring (bicyclic) bond motifs is 1. The maximum Gasteiger partial charge on any atom is 0.162 e. The van der Waals surface area contributed by atoms with Crippen LogP contribution < -0.4 is 10.2 Å². The Morgan fingerprint density at radius 1 is 1.38 bits per heavy atom. The van der Waals surface area contributed by atoms with Gasteiger partial charge < -0.3 is 15.4 Å². The zero-order valence-corrected chi connectivity index (χ0v) is 15.2. The number of allylic oxidation sites excluding steroid dienone is 1. The quantitative estimate of drug-likeness (QED) is 0.345. The molecule has 3 heterocycles. The van der Waals surface area contributed by atoms with Gasteiger partial charge in [0.05, 0.1) is 12.4 Å². The normalized spacial score (nSPS) is 15.3. The van der Waals surface area contributed by atoms with Gasteiger partial charge in [-0.15, -0.1) is 0 Å². The Morgan fingerprint density at radius 2 is 2.19 bits per heavy atom. The third-order valence-corrected chi connectivity index (χ3v) is 4.57. The zero-order chi connectivity index (χ0) is 18.4. The van der Waals surface area contributed by atoms with Crippen LogP contribution in [0.4, 0.5) is 11.6 Å². The Labute approximate surface area is 153 Å². The largest absolute Gasteiger partial charge is 0.411 e. The molecule has 1 aliphatic heterocycles. The number of nitrogens with one attached hydrogen (secondary N) is 1. The van der Waals surface area contributed by atoms with Gasteiger partial charge in [-0.1, -0.05) is 24.7 Å². The minimum atomic E-state index is 0.565. The summed E-state index contributed by atoms with van der Waals surface area (Å²) in [6.07, 6.45) is 11.3. The van der Waals surface area contributed by atoms with Crippen LogP contribution in [0.1, 0.15) is 31.7 Å². The number of aryl methyl sites for hydroxylation is 1. The highest BCUT2D eigenvalue weighted by Crippen LogP contribution is 2.24. The average molecular weight is 354 g/mol. The predicted octanol–water partition coefficient (Wildman–Crippen LogP) is 3.27. The second kappa shape index (κ2) is 8.51. The lowest BCUT2D eigenvalue weighted by Crippen LogP contribution is -2.30. The van der Waals surface area contributed by atoms with Crippen LogP contribution in [0.25, 0.3) is 5.65 Å². The number of anilines is 2. The zero-order valence-electron chi connectivity index (χ0n) is 15.2. The van der Waals surface area contributed by atoms with Crippen LogP contribution >= 0.6 is 0 Å². The molecule has 1 saturated heterocycles. The molecule has 0 spiro atoms. The van der Waals surface area contributed by atoms with Gasteiger partial charge in [-0.05, 0) is 37.3 Å². The molecule has 7 nitrogen and oxygen atoms in total. The van der Waals surface area contributed by atoms with Gasteiger partial charge in [0, 0.05) is 31.3 Å². The van der Waals surface area contributed by atoms with Crippen molar-refractivity contribution in [1.29, 1.82) is 0 Å². The maximum absolute atomic E-state index is 8.44. The molecular weight excluding hydrogens is 328 g/mol. The van der Waals surface area contributed by atoms with E-state index in [0.717, 1.165) is 47.9 Å². The van der Waals surface area contributed by atoms with Crippen molar-refractivity contribution in [2.75, 3.05) is 29.9 Å². The fourth-order valence-electron chi connectivity index (χ4n) is 3.14. The van der Waals surface area contributed by atoms with Gasteiger partial charge in [-0.2, -0.15) is 9.61 Å². The van der Waals surface area contributed by atoms with E-state index < -0.39 is 0 Å². The summed E-state index contributed by atoms with van der Waals surface area (Å²) in [4.78, 5) is 7.24. The van der Waals surface area contributed by atoms with Gasteiger partial charge >= 0.3 is 0 Å². The lowest BCUT2D eigenvalue weighted by Gasteiger charge is -2.28. The van der Waals surface area contributed by atoms with Crippen molar-refractivity contribution in [1.82, 2.24) is 14.6 Å². The van der Waals surface area contributed by atoms with E-state index in [9.17, 15) is 0 Å². The summed E-state index contributed by atoms with van der Waals surface area (Å²) in [6, 6.07) is 2.07. The first-order valence-corrected chi connectivity index (χ1v) is 9.11. The second-order valence-electron chi connectivity index (χ2n) is 6.44. The Kier molecular flexibility index (Phi) is 5.88. The number of hydrogen-bond acceptors (Lipinski definition) is 6. The van der Waals surface area contributed by atoms with Gasteiger partial charge in [-0.3, -0.25) is 0 Å². The molecule has 2 aromatic rings. The molecule has 7 heteroatoms. The van der Waals surface area contributed by atoms with Crippen molar-refractivity contribution in [2.45, 2.75) is 32.6 Å². The van der Waals surface area contributed by atoms with E-state index in [0.29, 0.717) is 6.54 Å². The van der Waals surface area contributed by atoms with Crippen molar-refractivity contribution in [2.24, 2.45) is 5.16 Å². The van der Waals surface area contributed by atoms with Crippen LogP contribution in [0.15, 0.2) is 41.7 Å². The molecule has 2 N–H and O–H groups in total. The highest BCUT2D eigenvalue weighted by Gasteiger charge is 2.16. The molecule has 0 saturated carbocycles. The van der Waals surface area contributed by atoms with E-state index in [4.69, 9.17) is 10.2 Å². The van der Waals surface area contributed by atoms with Crippen molar-refractivity contribution in [3.05, 3.63) is 42.1 Å². The molecule has 138 valence electrons. The minimum absolute atomic E-state index is 0.565. The molecule has 0 bridgehead atoms. The average Bonchev–Trinajstić information content (AvgIpc) is 3.10. The first-order chi connectivity index (χ1) is 12.7. The molecule has 0 atom stereocenters. The van der Waals surface area contributed by atoms with Crippen LogP contribution in [-0.2, 0) is 6.42 Å². The first kappa shape index (κ1) is 18.0. The fourth-order valence-corrected chi connectivity index (χ4v) is 3.14. The molecule has 3 rings (SSSR count). The van der Waals surface area contributed by atoms with E-state index in [-0.39, 0.29) is 0 Å². The summed E-state index contributed by atoms with van der Waals surface area (Å²) in [5.41, 5.74) is 2.92. The van der Waals surface area contributed by atoms with Crippen LogP contribution in [0.2, 0.25) is 0 Å². The van der Waals surface area contributed by atoms with Gasteiger partial charge in [0.1, 0.15) is 11.6 Å². The van der Waals surface area contributed by atoms with Crippen LogP contribution in [0.3, 0.4) is 0 Å². The molecule has 0 amide bonds. The van der Waals surface area contributed by atoms with Crippen molar-refractivity contribution < 1.29 is 5.21 Å². The summed E-state index contributed by atoms with van der Waals surface area (Å²) >= 11 is 0. The third-order valence-electron chi connectivity index (χ3n) is 4.57. The standard InChI is InChI=1S/C19H26N6O/c1-3-16-14-21-25-17(20-13-15(2)8-7-9-22-26)12-18(23-19(16)25)24-10-5-4-6-11-24/h7-9,12,14,20,26H,2-6,10-11,13H2,1H3/b8-7-,22-9+. The summed E-state index contributed by atoms with van der Waals surface area (Å²) < 4.78 is 1.86. The number of nitrogens with zero attached hydrogens (tertiary/aromatic N) is 5. The molecular formula is C19H26N6O. The number of piperidine rings is 1. The lowest BCUT2D eigenvalue weighted by atomic mass is 10.1. The number of hydrogen-bond donors (Lipinski definition) is 2. The summed E-state index contributed by atoms with van der Waals surface area (Å²) in [5, 5.41) is 19.3. The van der Waals surface area contributed by atoms with Crippen molar-refractivity contribution >= 4 is 23.5 Å². The van der Waals surface area contributed by atoms with Gasteiger partial charge in [0.15, 0.2) is 5.65 Å². The molecule has 1 aliphatic rings. The van der Waals surface area contributed by atoms with E-state index in [2.05, 4.69) is 40.0 Å². The molecule has 0 unspecified atom stereocenters. The fraction of sp³-hybridized carbons (Fsp3) is 0.421. The highest BCUT2D eigenvalue weighted by atomic mass is 16.4. The summed E-state index contributed by atoms with van der Waals surface area (Å²) in [7, 11) is 0. The Hall–Kier alpha value is -2.83. The maximum atomic E-state index is 8.44. The molecule has 0 aromatic carbocycles. The Bertz CT molecular complexity index is 817. The lowest BCUT2D eigenvalue weighted by molar-refractivity contribution is 0.322. The molecule has 1 fully saturated rings. The highest BCUT2D eigenvalue weighted by molar-refractivity contribution is 5.71. The van der Waals surface area contributed by atoms with Crippen LogP contribution in [-0.4, -0.2) is 45.7 Å². The number of oxime groups is 1. The van der Waals surface area contributed by atoms with Gasteiger partial charge in [-0.25, -0.2) is 4.98 Å². The van der Waals surface area contributed by atoms with E-state index in [1.54, 1.807) is 12.2 Å². The minimum Gasteiger partial charge on any atom is -0.411 e. The molecule has 2 aromatic heterocycles. The first-order valence-electron chi connectivity index (χ1n) is 9.11. The van der Waals surface area contributed by atoms with Crippen LogP contribution in [0, 0.1) is 0 Å².